The van der Waals surface area contributed by atoms with Crippen LogP contribution in [0.1, 0.15) is 0 Å². The van der Waals surface area contributed by atoms with Crippen LogP contribution in [0.2, 0.25) is 0 Å². The first-order valence-corrected chi connectivity index (χ1v) is 3.39. The lowest BCUT2D eigenvalue weighted by atomic mass is 10.8. The van der Waals surface area contributed by atoms with Crippen LogP contribution in [-0.2, 0) is 10.1 Å². The Bertz CT molecular complexity index is 273. The van der Waals surface area contributed by atoms with Gasteiger partial charge in [0.2, 0.25) is 0 Å². The monoisotopic (exact) mass is 166 g/mol. The van der Waals surface area contributed by atoms with Crippen molar-refractivity contribution >= 4 is 10.1 Å². The lowest BCUT2D eigenvalue weighted by Gasteiger charge is -1.93. The van der Waals surface area contributed by atoms with Crippen molar-refractivity contribution in [2.24, 2.45) is 0 Å². The molecule has 0 heterocycles. The van der Waals surface area contributed by atoms with Crippen molar-refractivity contribution in [3.05, 3.63) is 10.1 Å². The molecular weight excluding hydrogens is 164 g/mol. The van der Waals surface area contributed by atoms with E-state index < -0.39 is 20.4 Å². The Morgan fingerprint density at radius 2 is 2.10 bits per heavy atom. The second kappa shape index (κ2) is 2.59. The van der Waals surface area contributed by atoms with Crippen LogP contribution in [0.3, 0.4) is 0 Å². The van der Waals surface area contributed by atoms with E-state index in [4.69, 9.17) is 9.81 Å². The fourth-order valence-corrected chi connectivity index (χ4v) is 0.573. The first-order chi connectivity index (χ1) is 4.39. The highest BCUT2D eigenvalue weighted by Crippen LogP contribution is 1.96. The van der Waals surface area contributed by atoms with Gasteiger partial charge in [0, 0.05) is 0 Å². The zero-order valence-corrected chi connectivity index (χ0v) is 5.28. The third kappa shape index (κ3) is 1.96. The van der Waals surface area contributed by atoms with E-state index >= 15 is 0 Å². The summed E-state index contributed by atoms with van der Waals surface area (Å²) >= 11 is 0. The molecule has 0 aromatic carbocycles. The predicted molar refractivity (Wildman–Crippen MR) is 27.9 cm³/mol. The molecule has 0 aliphatic carbocycles. The molecule has 0 aliphatic rings. The fraction of sp³-hybridized carbons (Fsp3) is 0.500. The van der Waals surface area contributed by atoms with Gasteiger partial charge in [0.15, 0.2) is 6.07 Å². The summed E-state index contributed by atoms with van der Waals surface area (Å²) in [4.78, 5) is 8.23. The number of hydrogen-bond acceptors (Lipinski definition) is 5. The highest BCUT2D eigenvalue weighted by atomic mass is 32.2. The number of nitriles is 1. The van der Waals surface area contributed by atoms with Gasteiger partial charge < -0.3 is 0 Å². The quantitative estimate of drug-likeness (QED) is 0.319. The van der Waals surface area contributed by atoms with Gasteiger partial charge >= 0.3 is 15.5 Å². The summed E-state index contributed by atoms with van der Waals surface area (Å²) in [5.41, 5.74) is 0. The highest BCUT2D eigenvalue weighted by molar-refractivity contribution is 7.86. The smallest absolute Gasteiger partial charge is 0.279 e. The molecule has 1 N–H and O–H groups in total. The van der Waals surface area contributed by atoms with Crippen molar-refractivity contribution in [2.45, 2.75) is 5.37 Å². The van der Waals surface area contributed by atoms with Crippen LogP contribution in [-0.4, -0.2) is 23.3 Å². The Balaban J connectivity index is 4.78. The second-order valence-corrected chi connectivity index (χ2v) is 2.76. The summed E-state index contributed by atoms with van der Waals surface area (Å²) in [6.45, 7) is 0. The molecule has 1 unspecified atom stereocenters. The summed E-state index contributed by atoms with van der Waals surface area (Å²) < 4.78 is 27.7. The average molecular weight is 166 g/mol. The molecule has 0 aromatic rings. The Hall–Kier alpha value is -1.20. The normalized spacial score (nSPS) is 13.6. The Morgan fingerprint density at radius 3 is 2.10 bits per heavy atom. The first-order valence-electron chi connectivity index (χ1n) is 1.89. The van der Waals surface area contributed by atoms with Crippen LogP contribution < -0.4 is 0 Å². The van der Waals surface area contributed by atoms with Gasteiger partial charge in [-0.2, -0.15) is 13.7 Å². The zero-order valence-electron chi connectivity index (χ0n) is 4.46. The van der Waals surface area contributed by atoms with Crippen molar-refractivity contribution in [3.63, 3.8) is 0 Å². The van der Waals surface area contributed by atoms with Crippen LogP contribution in [0.15, 0.2) is 0 Å². The molecule has 0 saturated carbocycles. The third-order valence-electron chi connectivity index (χ3n) is 0.584. The molecule has 0 radical (unpaired) electrons. The molecule has 0 spiro atoms. The predicted octanol–water partition coefficient (Wildman–Crippen LogP) is -0.999. The van der Waals surface area contributed by atoms with Gasteiger partial charge in [-0.15, -0.1) is 0 Å². The summed E-state index contributed by atoms with van der Waals surface area (Å²) in [5, 5.41) is 14.8. The molecule has 0 amide bonds. The van der Waals surface area contributed by atoms with E-state index in [1.165, 1.54) is 0 Å². The minimum atomic E-state index is -4.87. The summed E-state index contributed by atoms with van der Waals surface area (Å²) in [7, 11) is -4.87. The molecule has 0 rings (SSSR count). The van der Waals surface area contributed by atoms with E-state index in [0.29, 0.717) is 0 Å². The van der Waals surface area contributed by atoms with E-state index in [1.54, 1.807) is 0 Å². The SMILES string of the molecule is N#CC([N+](=O)[O-])S(=O)(=O)O. The van der Waals surface area contributed by atoms with Crippen molar-refractivity contribution in [3.8, 4) is 6.07 Å². The molecule has 56 valence electrons. The van der Waals surface area contributed by atoms with Gasteiger partial charge in [-0.3, -0.25) is 14.7 Å². The van der Waals surface area contributed by atoms with Gasteiger partial charge in [0.25, 0.3) is 0 Å². The number of rotatable bonds is 2. The molecule has 0 saturated heterocycles. The molecule has 0 fully saturated rings. The van der Waals surface area contributed by atoms with Gasteiger partial charge in [0.05, 0.1) is 4.92 Å². The molecule has 10 heavy (non-hydrogen) atoms. The molecule has 0 bridgehead atoms. The summed E-state index contributed by atoms with van der Waals surface area (Å²) in [6, 6.07) is 0.804. The van der Waals surface area contributed by atoms with E-state index in [2.05, 4.69) is 0 Å². The van der Waals surface area contributed by atoms with E-state index in [-0.39, 0.29) is 0 Å². The van der Waals surface area contributed by atoms with Crippen LogP contribution in [0.25, 0.3) is 0 Å². The number of nitro groups is 1. The van der Waals surface area contributed by atoms with Crippen molar-refractivity contribution in [2.75, 3.05) is 0 Å². The Morgan fingerprint density at radius 1 is 1.70 bits per heavy atom. The van der Waals surface area contributed by atoms with Crippen LogP contribution in [0, 0.1) is 21.4 Å². The van der Waals surface area contributed by atoms with Gasteiger partial charge in [-0.25, -0.2) is 0 Å². The van der Waals surface area contributed by atoms with Crippen molar-refractivity contribution in [1.82, 2.24) is 0 Å². The topological polar surface area (TPSA) is 121 Å². The van der Waals surface area contributed by atoms with Crippen molar-refractivity contribution in [1.29, 1.82) is 5.26 Å². The first kappa shape index (κ1) is 8.80. The maximum Gasteiger partial charge on any atom is 0.417 e. The maximum absolute atomic E-state index is 9.90. The lowest BCUT2D eigenvalue weighted by molar-refractivity contribution is -0.483. The van der Waals surface area contributed by atoms with Gasteiger partial charge in [-0.05, 0) is 0 Å². The molecule has 7 nitrogen and oxygen atoms in total. The van der Waals surface area contributed by atoms with E-state index in [0.717, 1.165) is 6.07 Å². The van der Waals surface area contributed by atoms with E-state index in [1.807, 2.05) is 0 Å². The lowest BCUT2D eigenvalue weighted by Crippen LogP contribution is -2.27. The largest absolute Gasteiger partial charge is 0.417 e. The van der Waals surface area contributed by atoms with Crippen LogP contribution in [0.4, 0.5) is 0 Å². The summed E-state index contributed by atoms with van der Waals surface area (Å²) in [6.07, 6.45) is 0. The number of nitrogens with zero attached hydrogens (tertiary/aromatic N) is 2. The van der Waals surface area contributed by atoms with E-state index in [9.17, 15) is 18.5 Å². The molecule has 0 aromatic heterocycles. The Kier molecular flexibility index (Phi) is 2.28. The fourth-order valence-electron chi connectivity index (χ4n) is 0.223. The van der Waals surface area contributed by atoms with Crippen LogP contribution in [0.5, 0.6) is 0 Å². The Labute approximate surface area is 55.8 Å². The van der Waals surface area contributed by atoms with Crippen LogP contribution >= 0.6 is 0 Å². The average Bonchev–Trinajstić information content (AvgIpc) is 1.60. The molecule has 1 atom stereocenters. The standard InChI is InChI=1S/C2H2N2O5S/c3-1-2(4(5)6)10(7,8)9/h2H,(H,7,8,9). The highest BCUT2D eigenvalue weighted by Gasteiger charge is 2.33. The molecule has 0 aliphatic heterocycles. The molecular formula is C2H2N2O5S. The third-order valence-corrected chi connectivity index (χ3v) is 1.43. The zero-order chi connectivity index (χ0) is 8.36. The summed E-state index contributed by atoms with van der Waals surface area (Å²) in [5.74, 6) is 0. The minimum absolute atomic E-state index is 0.804. The van der Waals surface area contributed by atoms with Gasteiger partial charge in [-0.1, -0.05) is 0 Å². The number of hydrogen-bond donors (Lipinski definition) is 1. The van der Waals surface area contributed by atoms with Crippen molar-refractivity contribution < 1.29 is 17.9 Å². The second-order valence-electron chi connectivity index (χ2n) is 1.28. The molecule has 8 heteroatoms. The minimum Gasteiger partial charge on any atom is -0.279 e. The maximum atomic E-state index is 9.90. The van der Waals surface area contributed by atoms with Gasteiger partial charge in [0.1, 0.15) is 0 Å².